The minimum atomic E-state index is 0.895. The minimum absolute atomic E-state index is 0.895. The molecule has 0 heterocycles. The zero-order chi connectivity index (χ0) is 7.98. The van der Waals surface area contributed by atoms with E-state index in [0.717, 1.165) is 5.92 Å². The summed E-state index contributed by atoms with van der Waals surface area (Å²) in [7, 11) is 0. The molecule has 0 fully saturated rings. The largest absolute Gasteiger partial charge is 0.0654 e. The Labute approximate surface area is 66.0 Å². The molecule has 0 heteroatoms. The van der Waals surface area contributed by atoms with Gasteiger partial charge in [0.25, 0.3) is 0 Å². The highest BCUT2D eigenvalue weighted by molar-refractivity contribution is 4.84. The molecular formula is C10H21. The number of rotatable bonds is 5. The summed E-state index contributed by atoms with van der Waals surface area (Å²) in [6.07, 6.45) is 5.29. The molecule has 0 amide bonds. The van der Waals surface area contributed by atoms with Gasteiger partial charge < -0.3 is 0 Å². The highest BCUT2D eigenvalue weighted by atomic mass is 14.1. The van der Waals surface area contributed by atoms with Crippen molar-refractivity contribution < 1.29 is 0 Å². The van der Waals surface area contributed by atoms with Gasteiger partial charge in [-0.15, -0.1) is 0 Å². The van der Waals surface area contributed by atoms with Crippen molar-refractivity contribution in [2.24, 2.45) is 5.92 Å². The maximum atomic E-state index is 2.33. The number of hydrogen-bond acceptors (Lipinski definition) is 0. The van der Waals surface area contributed by atoms with Gasteiger partial charge in [0.05, 0.1) is 0 Å². The van der Waals surface area contributed by atoms with Gasteiger partial charge in [-0.2, -0.15) is 0 Å². The molecule has 0 aromatic heterocycles. The molecule has 0 bridgehead atoms. The summed E-state index contributed by atoms with van der Waals surface area (Å²) in [4.78, 5) is 0. The van der Waals surface area contributed by atoms with Crippen molar-refractivity contribution in [3.63, 3.8) is 0 Å². The van der Waals surface area contributed by atoms with E-state index in [9.17, 15) is 0 Å². The van der Waals surface area contributed by atoms with Crippen molar-refractivity contribution in [1.29, 1.82) is 0 Å². The van der Waals surface area contributed by atoms with Gasteiger partial charge in [0.2, 0.25) is 0 Å². The maximum absolute atomic E-state index is 2.33. The molecule has 0 aliphatic carbocycles. The van der Waals surface area contributed by atoms with Gasteiger partial charge in [0.15, 0.2) is 0 Å². The topological polar surface area (TPSA) is 0 Å². The minimum Gasteiger partial charge on any atom is -0.0654 e. The first-order chi connectivity index (χ1) is 4.70. The monoisotopic (exact) mass is 141 g/mol. The third-order valence-corrected chi connectivity index (χ3v) is 2.07. The average Bonchev–Trinajstić information content (AvgIpc) is 1.88. The first kappa shape index (κ1) is 10.0. The van der Waals surface area contributed by atoms with Crippen molar-refractivity contribution in [3.8, 4) is 0 Å². The normalized spacial score (nSPS) is 14.1. The molecule has 0 aliphatic heterocycles. The van der Waals surface area contributed by atoms with E-state index in [1.807, 2.05) is 0 Å². The van der Waals surface area contributed by atoms with E-state index in [-0.39, 0.29) is 0 Å². The van der Waals surface area contributed by atoms with Crippen LogP contribution in [-0.4, -0.2) is 0 Å². The first-order valence-corrected chi connectivity index (χ1v) is 4.52. The fraction of sp³-hybridized carbons (Fsp3) is 0.900. The Morgan fingerprint density at radius 1 is 1.30 bits per heavy atom. The second kappa shape index (κ2) is 5.76. The van der Waals surface area contributed by atoms with Crippen LogP contribution >= 0.6 is 0 Å². The Balaban J connectivity index is 3.27. The molecule has 0 saturated heterocycles. The van der Waals surface area contributed by atoms with Crippen molar-refractivity contribution in [2.45, 2.75) is 53.4 Å². The molecule has 1 unspecified atom stereocenters. The predicted molar refractivity (Wildman–Crippen MR) is 47.9 cm³/mol. The van der Waals surface area contributed by atoms with Crippen molar-refractivity contribution >= 4 is 0 Å². The quantitative estimate of drug-likeness (QED) is 0.546. The van der Waals surface area contributed by atoms with Crippen LogP contribution < -0.4 is 0 Å². The Kier molecular flexibility index (Phi) is 5.76. The van der Waals surface area contributed by atoms with Crippen LogP contribution in [0, 0.1) is 11.8 Å². The molecule has 0 nitrogen and oxygen atoms in total. The molecule has 1 atom stereocenters. The molecule has 0 N–H and O–H groups in total. The van der Waals surface area contributed by atoms with Crippen LogP contribution in [0.5, 0.6) is 0 Å². The Hall–Kier alpha value is 0. The highest BCUT2D eigenvalue weighted by Crippen LogP contribution is 2.20. The molecule has 0 aromatic rings. The second-order valence-electron chi connectivity index (χ2n) is 3.42. The van der Waals surface area contributed by atoms with Crippen LogP contribution in [0.3, 0.4) is 0 Å². The predicted octanol–water partition coefficient (Wildman–Crippen LogP) is 3.82. The summed E-state index contributed by atoms with van der Waals surface area (Å²) in [5, 5.41) is 0. The summed E-state index contributed by atoms with van der Waals surface area (Å²) in [6, 6.07) is 0. The van der Waals surface area contributed by atoms with E-state index < -0.39 is 0 Å². The zero-order valence-corrected chi connectivity index (χ0v) is 7.91. The van der Waals surface area contributed by atoms with Crippen LogP contribution in [0.4, 0.5) is 0 Å². The van der Waals surface area contributed by atoms with Gasteiger partial charge in [-0.05, 0) is 24.7 Å². The third kappa shape index (κ3) is 4.84. The van der Waals surface area contributed by atoms with E-state index in [1.165, 1.54) is 25.7 Å². The lowest BCUT2D eigenvalue weighted by atomic mass is 9.92. The summed E-state index contributed by atoms with van der Waals surface area (Å²) >= 11 is 0. The molecular weight excluding hydrogens is 120 g/mol. The smallest absolute Gasteiger partial charge is 0.0269 e. The van der Waals surface area contributed by atoms with E-state index in [2.05, 4.69) is 27.7 Å². The summed E-state index contributed by atoms with van der Waals surface area (Å²) in [6.45, 7) is 9.14. The summed E-state index contributed by atoms with van der Waals surface area (Å²) in [5.74, 6) is 2.57. The zero-order valence-electron chi connectivity index (χ0n) is 7.91. The van der Waals surface area contributed by atoms with Crippen LogP contribution in [0.1, 0.15) is 53.4 Å². The lowest BCUT2D eigenvalue weighted by Crippen LogP contribution is -1.99. The van der Waals surface area contributed by atoms with Crippen LogP contribution in [0.25, 0.3) is 0 Å². The fourth-order valence-electron chi connectivity index (χ4n) is 1.27. The average molecular weight is 141 g/mol. The SMILES string of the molecule is CCC[C](C)CC(C)CC. The highest BCUT2D eigenvalue weighted by Gasteiger charge is 2.05. The Morgan fingerprint density at radius 2 is 1.90 bits per heavy atom. The van der Waals surface area contributed by atoms with Crippen LogP contribution in [-0.2, 0) is 0 Å². The lowest BCUT2D eigenvalue weighted by molar-refractivity contribution is 0.508. The molecule has 0 saturated carbocycles. The summed E-state index contributed by atoms with van der Waals surface area (Å²) in [5.41, 5.74) is 0. The molecule has 0 spiro atoms. The van der Waals surface area contributed by atoms with Gasteiger partial charge >= 0.3 is 0 Å². The van der Waals surface area contributed by atoms with E-state index >= 15 is 0 Å². The standard InChI is InChI=1S/C10H21/c1-5-7-10(4)8-9(3)6-2/h9H,5-8H2,1-4H3. The van der Waals surface area contributed by atoms with Gasteiger partial charge in [-0.3, -0.25) is 0 Å². The Bertz CT molecular complexity index is 66.4. The van der Waals surface area contributed by atoms with Crippen molar-refractivity contribution in [2.75, 3.05) is 0 Å². The molecule has 0 rings (SSSR count). The van der Waals surface area contributed by atoms with Gasteiger partial charge in [-0.1, -0.05) is 40.5 Å². The van der Waals surface area contributed by atoms with Gasteiger partial charge in [0, 0.05) is 0 Å². The first-order valence-electron chi connectivity index (χ1n) is 4.52. The second-order valence-corrected chi connectivity index (χ2v) is 3.42. The van der Waals surface area contributed by atoms with Gasteiger partial charge in [0.1, 0.15) is 0 Å². The van der Waals surface area contributed by atoms with Crippen molar-refractivity contribution in [3.05, 3.63) is 5.92 Å². The third-order valence-electron chi connectivity index (χ3n) is 2.07. The molecule has 0 aromatic carbocycles. The molecule has 61 valence electrons. The van der Waals surface area contributed by atoms with Crippen molar-refractivity contribution in [1.82, 2.24) is 0 Å². The van der Waals surface area contributed by atoms with E-state index in [4.69, 9.17) is 0 Å². The molecule has 0 aliphatic rings. The molecule has 1 radical (unpaired) electrons. The Morgan fingerprint density at radius 3 is 2.30 bits per heavy atom. The lowest BCUT2D eigenvalue weighted by Gasteiger charge is -2.13. The number of hydrogen-bond donors (Lipinski definition) is 0. The fourth-order valence-corrected chi connectivity index (χ4v) is 1.27. The molecule has 10 heavy (non-hydrogen) atoms. The maximum Gasteiger partial charge on any atom is -0.0269 e. The van der Waals surface area contributed by atoms with Crippen LogP contribution in [0.2, 0.25) is 0 Å². The van der Waals surface area contributed by atoms with E-state index in [1.54, 1.807) is 5.92 Å². The van der Waals surface area contributed by atoms with Crippen LogP contribution in [0.15, 0.2) is 0 Å². The van der Waals surface area contributed by atoms with Gasteiger partial charge in [-0.25, -0.2) is 0 Å². The van der Waals surface area contributed by atoms with E-state index in [0.29, 0.717) is 0 Å². The summed E-state index contributed by atoms with van der Waals surface area (Å²) < 4.78 is 0.